The van der Waals surface area contributed by atoms with Gasteiger partial charge in [-0.25, -0.2) is 0 Å². The van der Waals surface area contributed by atoms with Crippen LogP contribution in [0.15, 0.2) is 22.7 Å². The number of nitrogen functional groups attached to an aromatic ring is 1. The Kier molecular flexibility index (Phi) is 5.48. The molecular weight excluding hydrogens is 282 g/mol. The highest BCUT2D eigenvalue weighted by Crippen LogP contribution is 2.32. The molecule has 0 amide bonds. The van der Waals surface area contributed by atoms with E-state index in [0.717, 1.165) is 23.7 Å². The summed E-state index contributed by atoms with van der Waals surface area (Å²) in [6.45, 7) is 2.10. The van der Waals surface area contributed by atoms with Crippen LogP contribution in [0, 0.1) is 0 Å². The first-order valence-corrected chi connectivity index (χ1v) is 6.64. The number of benzene rings is 1. The number of carboxylic acid groups (broad SMARTS) is 1. The molecule has 0 fully saturated rings. The van der Waals surface area contributed by atoms with E-state index in [1.165, 1.54) is 0 Å². The molecule has 1 atom stereocenters. The third-order valence-corrected chi connectivity index (χ3v) is 3.55. The second kappa shape index (κ2) is 6.64. The van der Waals surface area contributed by atoms with E-state index >= 15 is 0 Å². The van der Waals surface area contributed by atoms with Crippen molar-refractivity contribution in [1.29, 1.82) is 0 Å². The number of hydrogen-bond acceptors (Lipinski definition) is 2. The van der Waals surface area contributed by atoms with E-state index in [9.17, 15) is 9.90 Å². The van der Waals surface area contributed by atoms with Gasteiger partial charge in [0.25, 0.3) is 0 Å². The lowest BCUT2D eigenvalue weighted by Gasteiger charge is -2.15. The third kappa shape index (κ3) is 3.73. The van der Waals surface area contributed by atoms with E-state index in [1.807, 2.05) is 12.1 Å². The largest absolute Gasteiger partial charge is 0.481 e. The standard InChI is InChI=1S/C13H18BrNO2/c1-2-3-4-6-10(13(16)17)9-7-5-8-11(14)12(9)15/h5,7-8,10H,2-4,6,15H2,1H3,(H,16,17). The van der Waals surface area contributed by atoms with Crippen LogP contribution in [0.1, 0.15) is 44.1 Å². The average Bonchev–Trinajstić information content (AvgIpc) is 2.29. The predicted octanol–water partition coefficient (Wildman–Crippen LogP) is 3.78. The summed E-state index contributed by atoms with van der Waals surface area (Å²) in [5.74, 6) is -1.30. The maximum absolute atomic E-state index is 11.3. The normalized spacial score (nSPS) is 12.4. The van der Waals surface area contributed by atoms with Crippen LogP contribution < -0.4 is 5.73 Å². The van der Waals surface area contributed by atoms with Crippen LogP contribution in [-0.4, -0.2) is 11.1 Å². The molecule has 0 saturated heterocycles. The van der Waals surface area contributed by atoms with Crippen molar-refractivity contribution in [3.05, 3.63) is 28.2 Å². The summed E-state index contributed by atoms with van der Waals surface area (Å²) >= 11 is 3.33. The van der Waals surface area contributed by atoms with Gasteiger partial charge in [-0.15, -0.1) is 0 Å². The van der Waals surface area contributed by atoms with Gasteiger partial charge in [0.05, 0.1) is 5.92 Å². The molecule has 3 N–H and O–H groups in total. The quantitative estimate of drug-likeness (QED) is 0.621. The average molecular weight is 300 g/mol. The van der Waals surface area contributed by atoms with E-state index in [0.29, 0.717) is 17.7 Å². The minimum absolute atomic E-state index is 0.501. The van der Waals surface area contributed by atoms with Gasteiger partial charge in [-0.2, -0.15) is 0 Å². The van der Waals surface area contributed by atoms with E-state index in [4.69, 9.17) is 5.73 Å². The molecule has 0 aliphatic heterocycles. The van der Waals surface area contributed by atoms with Crippen molar-refractivity contribution >= 4 is 27.6 Å². The lowest BCUT2D eigenvalue weighted by atomic mass is 9.92. The number of nitrogens with two attached hydrogens (primary N) is 1. The number of rotatable bonds is 6. The van der Waals surface area contributed by atoms with Gasteiger partial charge in [0.15, 0.2) is 0 Å². The van der Waals surface area contributed by atoms with Crippen molar-refractivity contribution in [2.45, 2.75) is 38.5 Å². The molecule has 1 aromatic carbocycles. The third-order valence-electron chi connectivity index (χ3n) is 2.86. The number of carboxylic acids is 1. The number of anilines is 1. The van der Waals surface area contributed by atoms with Crippen molar-refractivity contribution in [3.63, 3.8) is 0 Å². The zero-order valence-electron chi connectivity index (χ0n) is 9.95. The highest BCUT2D eigenvalue weighted by Gasteiger charge is 2.22. The first kappa shape index (κ1) is 14.0. The molecule has 0 aliphatic rings. The minimum atomic E-state index is -0.800. The van der Waals surface area contributed by atoms with E-state index in [2.05, 4.69) is 22.9 Å². The van der Waals surface area contributed by atoms with Crippen molar-refractivity contribution in [2.24, 2.45) is 0 Å². The number of aliphatic carboxylic acids is 1. The summed E-state index contributed by atoms with van der Waals surface area (Å²) in [6, 6.07) is 5.44. The van der Waals surface area contributed by atoms with Crippen LogP contribution in [-0.2, 0) is 4.79 Å². The molecule has 17 heavy (non-hydrogen) atoms. The summed E-state index contributed by atoms with van der Waals surface area (Å²) in [5.41, 5.74) is 7.16. The van der Waals surface area contributed by atoms with Gasteiger partial charge < -0.3 is 10.8 Å². The van der Waals surface area contributed by atoms with Crippen LogP contribution in [0.25, 0.3) is 0 Å². The molecule has 4 heteroatoms. The highest BCUT2D eigenvalue weighted by atomic mass is 79.9. The molecule has 0 aliphatic carbocycles. The van der Waals surface area contributed by atoms with Crippen LogP contribution in [0.2, 0.25) is 0 Å². The van der Waals surface area contributed by atoms with E-state index in [1.54, 1.807) is 6.07 Å². The monoisotopic (exact) mass is 299 g/mol. The zero-order chi connectivity index (χ0) is 12.8. The predicted molar refractivity (Wildman–Crippen MR) is 73.1 cm³/mol. The first-order chi connectivity index (χ1) is 8.07. The number of hydrogen-bond donors (Lipinski definition) is 2. The van der Waals surface area contributed by atoms with E-state index in [-0.39, 0.29) is 0 Å². The van der Waals surface area contributed by atoms with Gasteiger partial charge in [0.2, 0.25) is 0 Å². The second-order valence-electron chi connectivity index (χ2n) is 4.13. The number of unbranched alkanes of at least 4 members (excludes halogenated alkanes) is 2. The van der Waals surface area contributed by atoms with Gasteiger partial charge in [-0.1, -0.05) is 38.3 Å². The van der Waals surface area contributed by atoms with Crippen molar-refractivity contribution in [3.8, 4) is 0 Å². The van der Waals surface area contributed by atoms with Gasteiger partial charge in [0.1, 0.15) is 0 Å². The van der Waals surface area contributed by atoms with Crippen LogP contribution in [0.5, 0.6) is 0 Å². The first-order valence-electron chi connectivity index (χ1n) is 5.84. The lowest BCUT2D eigenvalue weighted by Crippen LogP contribution is -2.13. The molecule has 1 rings (SSSR count). The Morgan fingerprint density at radius 3 is 2.76 bits per heavy atom. The topological polar surface area (TPSA) is 63.3 Å². The number of halogens is 1. The SMILES string of the molecule is CCCCCC(C(=O)O)c1cccc(Br)c1N. The van der Waals surface area contributed by atoms with Crippen LogP contribution in [0.4, 0.5) is 5.69 Å². The fraction of sp³-hybridized carbons (Fsp3) is 0.462. The summed E-state index contributed by atoms with van der Waals surface area (Å²) in [4.78, 5) is 11.3. The maximum Gasteiger partial charge on any atom is 0.311 e. The molecule has 0 aromatic heterocycles. The molecule has 0 saturated carbocycles. The summed E-state index contributed by atoms with van der Waals surface area (Å²) in [5, 5.41) is 9.27. The fourth-order valence-corrected chi connectivity index (χ4v) is 2.25. The maximum atomic E-state index is 11.3. The number of para-hydroxylation sites is 1. The van der Waals surface area contributed by atoms with Gasteiger partial charge in [-0.3, -0.25) is 4.79 Å². The molecular formula is C13H18BrNO2. The van der Waals surface area contributed by atoms with E-state index < -0.39 is 11.9 Å². The molecule has 3 nitrogen and oxygen atoms in total. The summed E-state index contributed by atoms with van der Waals surface area (Å²) in [7, 11) is 0. The fourth-order valence-electron chi connectivity index (χ4n) is 1.87. The number of carbonyl (C=O) groups is 1. The molecule has 0 radical (unpaired) electrons. The van der Waals surface area contributed by atoms with Crippen molar-refractivity contribution in [2.75, 3.05) is 5.73 Å². The molecule has 1 unspecified atom stereocenters. The van der Waals surface area contributed by atoms with Crippen molar-refractivity contribution in [1.82, 2.24) is 0 Å². The smallest absolute Gasteiger partial charge is 0.311 e. The molecule has 0 bridgehead atoms. The summed E-state index contributed by atoms with van der Waals surface area (Å²) in [6.07, 6.45) is 3.70. The Morgan fingerprint density at radius 2 is 2.18 bits per heavy atom. The second-order valence-corrected chi connectivity index (χ2v) is 4.98. The zero-order valence-corrected chi connectivity index (χ0v) is 11.5. The minimum Gasteiger partial charge on any atom is -0.481 e. The van der Waals surface area contributed by atoms with Crippen LogP contribution >= 0.6 is 15.9 Å². The molecule has 0 heterocycles. The van der Waals surface area contributed by atoms with Crippen molar-refractivity contribution < 1.29 is 9.90 Å². The molecule has 0 spiro atoms. The van der Waals surface area contributed by atoms with Gasteiger partial charge in [0, 0.05) is 10.2 Å². The molecule has 94 valence electrons. The Labute approximate surface area is 110 Å². The Hall–Kier alpha value is -1.03. The Bertz CT molecular complexity index is 393. The highest BCUT2D eigenvalue weighted by molar-refractivity contribution is 9.10. The summed E-state index contributed by atoms with van der Waals surface area (Å²) < 4.78 is 0.761. The Balaban J connectivity index is 2.90. The molecule has 1 aromatic rings. The van der Waals surface area contributed by atoms with Gasteiger partial charge >= 0.3 is 5.97 Å². The lowest BCUT2D eigenvalue weighted by molar-refractivity contribution is -0.139. The van der Waals surface area contributed by atoms with Gasteiger partial charge in [-0.05, 0) is 34.0 Å². The Morgan fingerprint density at radius 1 is 1.47 bits per heavy atom. The van der Waals surface area contributed by atoms with Crippen LogP contribution in [0.3, 0.4) is 0 Å².